The van der Waals surface area contributed by atoms with Gasteiger partial charge in [0.25, 0.3) is 0 Å². The zero-order chi connectivity index (χ0) is 10.4. The molecule has 0 saturated carbocycles. The summed E-state index contributed by atoms with van der Waals surface area (Å²) in [5.41, 5.74) is 2.30. The SMILES string of the molecule is C=C(CCC)C(=C)C[n+]1ccccc1. The molecule has 1 heterocycles. The van der Waals surface area contributed by atoms with E-state index in [4.69, 9.17) is 0 Å². The van der Waals surface area contributed by atoms with Crippen LogP contribution in [0.3, 0.4) is 0 Å². The van der Waals surface area contributed by atoms with E-state index < -0.39 is 0 Å². The molecule has 0 spiro atoms. The van der Waals surface area contributed by atoms with Gasteiger partial charge in [0.15, 0.2) is 18.9 Å². The minimum atomic E-state index is 0.847. The summed E-state index contributed by atoms with van der Waals surface area (Å²) in [6, 6.07) is 6.06. The van der Waals surface area contributed by atoms with Gasteiger partial charge in [0, 0.05) is 17.7 Å². The van der Waals surface area contributed by atoms with E-state index in [2.05, 4.69) is 24.6 Å². The highest BCUT2D eigenvalue weighted by Gasteiger charge is 2.04. The van der Waals surface area contributed by atoms with Crippen molar-refractivity contribution in [2.75, 3.05) is 0 Å². The van der Waals surface area contributed by atoms with Crippen LogP contribution in [0, 0.1) is 0 Å². The van der Waals surface area contributed by atoms with Crippen LogP contribution in [0.2, 0.25) is 0 Å². The molecule has 0 aliphatic carbocycles. The summed E-state index contributed by atoms with van der Waals surface area (Å²) in [5.74, 6) is 0. The minimum absolute atomic E-state index is 0.847. The van der Waals surface area contributed by atoms with Gasteiger partial charge in [0.1, 0.15) is 0 Å². The summed E-state index contributed by atoms with van der Waals surface area (Å²) in [4.78, 5) is 0. The van der Waals surface area contributed by atoms with Crippen molar-refractivity contribution in [3.05, 3.63) is 54.9 Å². The predicted molar refractivity (Wildman–Crippen MR) is 59.8 cm³/mol. The van der Waals surface area contributed by atoms with Crippen LogP contribution in [0.15, 0.2) is 54.9 Å². The first kappa shape index (κ1) is 10.7. The van der Waals surface area contributed by atoms with E-state index in [9.17, 15) is 0 Å². The van der Waals surface area contributed by atoms with Gasteiger partial charge >= 0.3 is 0 Å². The van der Waals surface area contributed by atoms with Crippen LogP contribution >= 0.6 is 0 Å². The molecule has 0 aliphatic heterocycles. The Hall–Kier alpha value is -1.37. The van der Waals surface area contributed by atoms with E-state index in [1.54, 1.807) is 0 Å². The highest BCUT2D eigenvalue weighted by Crippen LogP contribution is 2.11. The van der Waals surface area contributed by atoms with Gasteiger partial charge in [-0.25, -0.2) is 4.57 Å². The lowest BCUT2D eigenvalue weighted by Crippen LogP contribution is -2.33. The van der Waals surface area contributed by atoms with Gasteiger partial charge in [-0.3, -0.25) is 0 Å². The number of aromatic nitrogens is 1. The van der Waals surface area contributed by atoms with Gasteiger partial charge in [-0.2, -0.15) is 0 Å². The summed E-state index contributed by atoms with van der Waals surface area (Å²) in [5, 5.41) is 0. The molecule has 0 fully saturated rings. The fourth-order valence-electron chi connectivity index (χ4n) is 1.35. The maximum absolute atomic E-state index is 4.05. The third kappa shape index (κ3) is 3.17. The Morgan fingerprint density at radius 2 is 1.71 bits per heavy atom. The number of hydrogen-bond donors (Lipinski definition) is 0. The molecule has 0 atom stereocenters. The van der Waals surface area contributed by atoms with Crippen molar-refractivity contribution < 1.29 is 4.57 Å². The zero-order valence-corrected chi connectivity index (χ0v) is 8.87. The third-order valence-corrected chi connectivity index (χ3v) is 2.20. The Bertz CT molecular complexity index is 311. The Labute approximate surface area is 86.4 Å². The molecule has 0 aliphatic rings. The first-order chi connectivity index (χ1) is 6.74. The molecule has 0 unspecified atom stereocenters. The monoisotopic (exact) mass is 188 g/mol. The molecule has 0 aromatic carbocycles. The van der Waals surface area contributed by atoms with Crippen LogP contribution < -0.4 is 4.57 Å². The van der Waals surface area contributed by atoms with Crippen LogP contribution in [-0.2, 0) is 6.54 Å². The normalized spacial score (nSPS) is 9.79. The smallest absolute Gasteiger partial charge is 0.173 e. The summed E-state index contributed by atoms with van der Waals surface area (Å²) in [6.07, 6.45) is 6.28. The summed E-state index contributed by atoms with van der Waals surface area (Å²) >= 11 is 0. The van der Waals surface area contributed by atoms with E-state index in [0.717, 1.165) is 25.0 Å². The zero-order valence-electron chi connectivity index (χ0n) is 8.87. The van der Waals surface area contributed by atoms with E-state index in [1.807, 2.05) is 30.6 Å². The fraction of sp³-hybridized carbons (Fsp3) is 0.308. The van der Waals surface area contributed by atoms with Crippen molar-refractivity contribution in [1.29, 1.82) is 0 Å². The third-order valence-electron chi connectivity index (χ3n) is 2.20. The maximum Gasteiger partial charge on any atom is 0.173 e. The Kier molecular flexibility index (Phi) is 4.11. The molecule has 0 saturated heterocycles. The van der Waals surface area contributed by atoms with Gasteiger partial charge in [0.2, 0.25) is 0 Å². The van der Waals surface area contributed by atoms with Crippen molar-refractivity contribution in [3.63, 3.8) is 0 Å². The molecule has 0 bridgehead atoms. The van der Waals surface area contributed by atoms with E-state index in [0.29, 0.717) is 0 Å². The Balaban J connectivity index is 2.53. The highest BCUT2D eigenvalue weighted by molar-refractivity contribution is 5.23. The standard InChI is InChI=1S/C13H18N/c1-4-8-12(2)13(3)11-14-9-6-5-7-10-14/h5-7,9-10H,2-4,8,11H2,1H3/q+1. The molecule has 1 heteroatoms. The van der Waals surface area contributed by atoms with Gasteiger partial charge in [0.05, 0.1) is 0 Å². The van der Waals surface area contributed by atoms with Crippen molar-refractivity contribution in [2.24, 2.45) is 0 Å². The van der Waals surface area contributed by atoms with Gasteiger partial charge in [-0.1, -0.05) is 32.6 Å². The highest BCUT2D eigenvalue weighted by atomic mass is 14.9. The van der Waals surface area contributed by atoms with Crippen LogP contribution in [0.4, 0.5) is 0 Å². The molecule has 1 rings (SSSR count). The molecular weight excluding hydrogens is 170 g/mol. The molecule has 1 aromatic heterocycles. The number of hydrogen-bond acceptors (Lipinski definition) is 0. The number of rotatable bonds is 5. The lowest BCUT2D eigenvalue weighted by Gasteiger charge is -2.04. The molecule has 74 valence electrons. The average Bonchev–Trinajstić information content (AvgIpc) is 2.19. The van der Waals surface area contributed by atoms with Crippen LogP contribution in [-0.4, -0.2) is 0 Å². The average molecular weight is 188 g/mol. The Morgan fingerprint density at radius 1 is 1.07 bits per heavy atom. The molecule has 14 heavy (non-hydrogen) atoms. The minimum Gasteiger partial charge on any atom is -0.201 e. The van der Waals surface area contributed by atoms with Gasteiger partial charge < -0.3 is 0 Å². The number of pyridine rings is 1. The summed E-state index contributed by atoms with van der Waals surface area (Å²) in [6.45, 7) is 11.1. The van der Waals surface area contributed by atoms with Crippen LogP contribution in [0.5, 0.6) is 0 Å². The molecule has 1 nitrogen and oxygen atoms in total. The molecular formula is C13H18N+. The largest absolute Gasteiger partial charge is 0.201 e. The predicted octanol–water partition coefficient (Wildman–Crippen LogP) is 2.89. The first-order valence-corrected chi connectivity index (χ1v) is 5.04. The van der Waals surface area contributed by atoms with Crippen molar-refractivity contribution in [1.82, 2.24) is 0 Å². The van der Waals surface area contributed by atoms with Crippen molar-refractivity contribution >= 4 is 0 Å². The Morgan fingerprint density at radius 3 is 2.29 bits per heavy atom. The van der Waals surface area contributed by atoms with Gasteiger partial charge in [-0.15, -0.1) is 0 Å². The van der Waals surface area contributed by atoms with Gasteiger partial charge in [-0.05, 0) is 12.0 Å². The number of allylic oxidation sites excluding steroid dienone is 2. The molecule has 1 aromatic rings. The maximum atomic E-state index is 4.05. The second-order valence-electron chi connectivity index (χ2n) is 3.50. The van der Waals surface area contributed by atoms with Crippen LogP contribution in [0.25, 0.3) is 0 Å². The quantitative estimate of drug-likeness (QED) is 0.494. The summed E-state index contributed by atoms with van der Waals surface area (Å²) in [7, 11) is 0. The number of nitrogens with zero attached hydrogens (tertiary/aromatic N) is 1. The van der Waals surface area contributed by atoms with Crippen molar-refractivity contribution in [2.45, 2.75) is 26.3 Å². The molecule has 0 radical (unpaired) electrons. The van der Waals surface area contributed by atoms with E-state index in [1.165, 1.54) is 5.57 Å². The second kappa shape index (κ2) is 5.38. The lowest BCUT2D eigenvalue weighted by molar-refractivity contribution is -0.688. The topological polar surface area (TPSA) is 3.88 Å². The van der Waals surface area contributed by atoms with Crippen LogP contribution in [0.1, 0.15) is 19.8 Å². The fourth-order valence-corrected chi connectivity index (χ4v) is 1.35. The van der Waals surface area contributed by atoms with E-state index >= 15 is 0 Å². The first-order valence-electron chi connectivity index (χ1n) is 5.04. The van der Waals surface area contributed by atoms with E-state index in [-0.39, 0.29) is 0 Å². The molecule has 0 N–H and O–H groups in total. The summed E-state index contributed by atoms with van der Waals surface area (Å²) < 4.78 is 2.11. The lowest BCUT2D eigenvalue weighted by atomic mass is 10.1. The van der Waals surface area contributed by atoms with Crippen molar-refractivity contribution in [3.8, 4) is 0 Å². The second-order valence-corrected chi connectivity index (χ2v) is 3.50. The molecule has 0 amide bonds.